The van der Waals surface area contributed by atoms with E-state index < -0.39 is 5.91 Å². The molecule has 0 atom stereocenters. The molecule has 0 saturated heterocycles. The fourth-order valence-corrected chi connectivity index (χ4v) is 1.27. The number of benzene rings is 1. The van der Waals surface area contributed by atoms with Crippen LogP contribution in [0, 0.1) is 0 Å². The average Bonchev–Trinajstić information content (AvgIpc) is 2.17. The van der Waals surface area contributed by atoms with Gasteiger partial charge in [-0.15, -0.1) is 0 Å². The number of amides is 1. The first kappa shape index (κ1) is 7.73. The largest absolute Gasteiger partial charge is 0.360 e. The van der Waals surface area contributed by atoms with Crippen molar-refractivity contribution in [1.82, 2.24) is 0 Å². The van der Waals surface area contributed by atoms with Crippen molar-refractivity contribution in [2.24, 2.45) is 5.73 Å². The number of aromatic amines is 1. The van der Waals surface area contributed by atoms with E-state index in [9.17, 15) is 4.79 Å². The summed E-state index contributed by atoms with van der Waals surface area (Å²) in [5.41, 5.74) is 5.56. The quantitative estimate of drug-likeness (QED) is 0.679. The molecule has 13 heavy (non-hydrogen) atoms. The van der Waals surface area contributed by atoms with Crippen LogP contribution < -0.4 is 10.7 Å². The summed E-state index contributed by atoms with van der Waals surface area (Å²) < 4.78 is 0. The van der Waals surface area contributed by atoms with Gasteiger partial charge in [0.2, 0.25) is 0 Å². The fraction of sp³-hybridized carbons (Fsp3) is 0. The molecule has 0 saturated carbocycles. The molecule has 0 bridgehead atoms. The zero-order valence-corrected chi connectivity index (χ0v) is 6.95. The van der Waals surface area contributed by atoms with Gasteiger partial charge >= 0.3 is 5.91 Å². The van der Waals surface area contributed by atoms with Crippen molar-refractivity contribution in [3.63, 3.8) is 0 Å². The summed E-state index contributed by atoms with van der Waals surface area (Å²) in [6.45, 7) is 0. The highest BCUT2D eigenvalue weighted by Gasteiger charge is 2.08. The molecule has 0 spiro atoms. The number of primary amides is 1. The third-order valence-corrected chi connectivity index (χ3v) is 1.94. The van der Waals surface area contributed by atoms with Gasteiger partial charge in [0.05, 0.1) is 0 Å². The maximum Gasteiger partial charge on any atom is 0.313 e. The number of fused-ring (bicyclic) bond motifs is 1. The maximum atomic E-state index is 10.8. The van der Waals surface area contributed by atoms with E-state index in [-0.39, 0.29) is 0 Å². The third-order valence-electron chi connectivity index (χ3n) is 1.94. The predicted octanol–water partition coefficient (Wildman–Crippen LogP) is 0.753. The molecular weight excluding hydrogens is 164 g/mol. The van der Waals surface area contributed by atoms with E-state index in [4.69, 9.17) is 5.73 Å². The van der Waals surface area contributed by atoms with Crippen molar-refractivity contribution in [3.05, 3.63) is 42.2 Å². The Morgan fingerprint density at radius 2 is 1.92 bits per heavy atom. The average molecular weight is 173 g/mol. The lowest BCUT2D eigenvalue weighted by Gasteiger charge is -1.93. The van der Waals surface area contributed by atoms with E-state index in [0.29, 0.717) is 5.69 Å². The first-order valence-electron chi connectivity index (χ1n) is 3.97. The molecule has 1 aromatic heterocycles. The van der Waals surface area contributed by atoms with Crippen molar-refractivity contribution in [3.8, 4) is 0 Å². The minimum Gasteiger partial charge on any atom is -0.360 e. The number of nitrogens with two attached hydrogens (primary N) is 1. The SMILES string of the molecule is NC(=O)c1cc2ccccc2c[nH+]1. The van der Waals surface area contributed by atoms with Gasteiger partial charge in [-0.3, -0.25) is 4.79 Å². The van der Waals surface area contributed by atoms with Gasteiger partial charge in [-0.1, -0.05) is 18.2 Å². The number of hydrogen-bond donors (Lipinski definition) is 1. The second kappa shape index (κ2) is 2.86. The molecule has 0 aliphatic heterocycles. The van der Waals surface area contributed by atoms with E-state index in [2.05, 4.69) is 4.98 Å². The fourth-order valence-electron chi connectivity index (χ4n) is 1.27. The molecule has 3 nitrogen and oxygen atoms in total. The lowest BCUT2D eigenvalue weighted by atomic mass is 10.1. The van der Waals surface area contributed by atoms with Gasteiger partial charge < -0.3 is 5.73 Å². The summed E-state index contributed by atoms with van der Waals surface area (Å²) in [5, 5.41) is 2.07. The van der Waals surface area contributed by atoms with Crippen LogP contribution in [0.25, 0.3) is 10.8 Å². The second-order valence-corrected chi connectivity index (χ2v) is 2.84. The molecule has 2 rings (SSSR count). The molecule has 0 radical (unpaired) electrons. The van der Waals surface area contributed by atoms with Crippen LogP contribution in [0.1, 0.15) is 10.5 Å². The van der Waals surface area contributed by atoms with Gasteiger partial charge in [0.15, 0.2) is 6.20 Å². The van der Waals surface area contributed by atoms with Crippen LogP contribution in [-0.4, -0.2) is 5.91 Å². The Morgan fingerprint density at radius 3 is 2.62 bits per heavy atom. The van der Waals surface area contributed by atoms with Gasteiger partial charge in [0.1, 0.15) is 0 Å². The smallest absolute Gasteiger partial charge is 0.313 e. The number of nitrogens with one attached hydrogen (secondary N) is 1. The van der Waals surface area contributed by atoms with E-state index >= 15 is 0 Å². The molecule has 2 aromatic rings. The number of carbonyl (C=O) groups excluding carboxylic acids is 1. The molecule has 3 N–H and O–H groups in total. The normalized spacial score (nSPS) is 10.2. The van der Waals surface area contributed by atoms with E-state index in [1.165, 1.54) is 0 Å². The van der Waals surface area contributed by atoms with Crippen LogP contribution in [0.5, 0.6) is 0 Å². The summed E-state index contributed by atoms with van der Waals surface area (Å²) in [6, 6.07) is 9.52. The Labute approximate surface area is 75.2 Å². The zero-order valence-electron chi connectivity index (χ0n) is 6.95. The molecule has 1 aromatic carbocycles. The van der Waals surface area contributed by atoms with Crippen LogP contribution in [0.15, 0.2) is 36.5 Å². The van der Waals surface area contributed by atoms with Crippen molar-refractivity contribution >= 4 is 16.7 Å². The Balaban J connectivity index is 2.69. The lowest BCUT2D eigenvalue weighted by Crippen LogP contribution is -2.22. The zero-order chi connectivity index (χ0) is 9.26. The van der Waals surface area contributed by atoms with Crippen LogP contribution in [-0.2, 0) is 0 Å². The van der Waals surface area contributed by atoms with Gasteiger partial charge in [0.25, 0.3) is 5.69 Å². The van der Waals surface area contributed by atoms with E-state index in [1.807, 2.05) is 24.3 Å². The van der Waals surface area contributed by atoms with Crippen molar-refractivity contribution in [1.29, 1.82) is 0 Å². The van der Waals surface area contributed by atoms with Crippen LogP contribution in [0.3, 0.4) is 0 Å². The topological polar surface area (TPSA) is 57.2 Å². The summed E-state index contributed by atoms with van der Waals surface area (Å²) in [4.78, 5) is 13.7. The molecule has 0 unspecified atom stereocenters. The predicted molar refractivity (Wildman–Crippen MR) is 49.0 cm³/mol. The first-order chi connectivity index (χ1) is 6.27. The second-order valence-electron chi connectivity index (χ2n) is 2.84. The molecular formula is C10H9N2O+. The Bertz CT molecular complexity index is 465. The van der Waals surface area contributed by atoms with Crippen LogP contribution in [0.2, 0.25) is 0 Å². The van der Waals surface area contributed by atoms with Gasteiger partial charge in [-0.2, -0.15) is 0 Å². The molecule has 1 heterocycles. The molecule has 0 aliphatic carbocycles. The first-order valence-corrected chi connectivity index (χ1v) is 3.97. The Hall–Kier alpha value is -1.90. The highest BCUT2D eigenvalue weighted by molar-refractivity contribution is 5.93. The number of hydrogen-bond acceptors (Lipinski definition) is 1. The standard InChI is InChI=1S/C10H8N2O/c11-10(13)9-5-7-3-1-2-4-8(7)6-12-9/h1-6H,(H2,11,13)/p+1. The minimum absolute atomic E-state index is 0.429. The Kier molecular flexibility index (Phi) is 1.70. The highest BCUT2D eigenvalue weighted by Crippen LogP contribution is 2.10. The maximum absolute atomic E-state index is 10.8. The summed E-state index contributed by atoms with van der Waals surface area (Å²) in [6.07, 6.45) is 1.77. The number of carbonyl (C=O) groups is 1. The molecule has 1 amide bonds. The van der Waals surface area contributed by atoms with Crippen molar-refractivity contribution in [2.75, 3.05) is 0 Å². The molecule has 0 aliphatic rings. The van der Waals surface area contributed by atoms with Gasteiger partial charge in [-0.05, 0) is 11.5 Å². The summed E-state index contributed by atoms with van der Waals surface area (Å²) >= 11 is 0. The Morgan fingerprint density at radius 1 is 1.23 bits per heavy atom. The summed E-state index contributed by atoms with van der Waals surface area (Å²) in [7, 11) is 0. The lowest BCUT2D eigenvalue weighted by molar-refractivity contribution is -0.379. The van der Waals surface area contributed by atoms with Crippen molar-refractivity contribution < 1.29 is 9.78 Å². The van der Waals surface area contributed by atoms with Crippen LogP contribution in [0.4, 0.5) is 0 Å². The van der Waals surface area contributed by atoms with Crippen LogP contribution >= 0.6 is 0 Å². The van der Waals surface area contributed by atoms with E-state index in [0.717, 1.165) is 10.8 Å². The summed E-state index contributed by atoms with van der Waals surface area (Å²) in [5.74, 6) is -0.439. The third kappa shape index (κ3) is 1.36. The number of pyridine rings is 1. The number of aromatic nitrogens is 1. The van der Waals surface area contributed by atoms with Gasteiger partial charge in [-0.25, -0.2) is 4.98 Å². The molecule has 0 fully saturated rings. The van der Waals surface area contributed by atoms with Gasteiger partial charge in [0, 0.05) is 11.5 Å². The molecule has 64 valence electrons. The number of rotatable bonds is 1. The monoisotopic (exact) mass is 173 g/mol. The van der Waals surface area contributed by atoms with Crippen molar-refractivity contribution in [2.45, 2.75) is 0 Å². The van der Waals surface area contributed by atoms with E-state index in [1.54, 1.807) is 12.3 Å². The highest BCUT2D eigenvalue weighted by atomic mass is 16.1. The minimum atomic E-state index is -0.439. The molecule has 3 heteroatoms. The number of H-pyrrole nitrogens is 1.